The highest BCUT2D eigenvalue weighted by Gasteiger charge is 2.21. The van der Waals surface area contributed by atoms with E-state index < -0.39 is 27.7 Å². The van der Waals surface area contributed by atoms with Crippen molar-refractivity contribution in [2.45, 2.75) is 24.8 Å². The fourth-order valence-corrected chi connectivity index (χ4v) is 2.64. The molecule has 3 N–H and O–H groups in total. The van der Waals surface area contributed by atoms with Crippen molar-refractivity contribution in [3.8, 4) is 0 Å². The van der Waals surface area contributed by atoms with E-state index in [1.54, 1.807) is 13.8 Å². The van der Waals surface area contributed by atoms with Crippen LogP contribution in [0.25, 0.3) is 0 Å². The second-order valence-electron chi connectivity index (χ2n) is 4.20. The fraction of sp³-hybridized carbons (Fsp3) is 0.455. The van der Waals surface area contributed by atoms with Gasteiger partial charge in [-0.25, -0.2) is 21.9 Å². The van der Waals surface area contributed by atoms with E-state index in [2.05, 4.69) is 4.72 Å². The van der Waals surface area contributed by atoms with Crippen molar-refractivity contribution < 1.29 is 17.2 Å². The molecular weight excluding hydrogens is 262 g/mol. The molecule has 0 amide bonds. The summed E-state index contributed by atoms with van der Waals surface area (Å²) in [5.74, 6) is -2.35. The number of hydrogen-bond donors (Lipinski definition) is 2. The fourth-order valence-electron chi connectivity index (χ4n) is 1.28. The zero-order valence-corrected chi connectivity index (χ0v) is 11.0. The third-order valence-corrected chi connectivity index (χ3v) is 4.32. The Morgan fingerprint density at radius 2 is 1.89 bits per heavy atom. The molecule has 0 aliphatic carbocycles. The first-order chi connectivity index (χ1) is 8.27. The Bertz CT molecular complexity index is 520. The van der Waals surface area contributed by atoms with Gasteiger partial charge in [-0.2, -0.15) is 0 Å². The second kappa shape index (κ2) is 5.73. The monoisotopic (exact) mass is 278 g/mol. The largest absolute Gasteiger partial charge is 0.330 e. The number of nitrogens with one attached hydrogen (secondary N) is 1. The second-order valence-corrected chi connectivity index (χ2v) is 5.91. The van der Waals surface area contributed by atoms with Gasteiger partial charge in [0.25, 0.3) is 0 Å². The minimum atomic E-state index is -3.87. The molecule has 4 nitrogen and oxygen atoms in total. The molecule has 0 saturated heterocycles. The van der Waals surface area contributed by atoms with E-state index in [1.807, 2.05) is 0 Å². The number of nitrogens with two attached hydrogens (primary N) is 1. The maximum atomic E-state index is 13.0. The molecule has 102 valence electrons. The van der Waals surface area contributed by atoms with E-state index in [9.17, 15) is 17.2 Å². The zero-order valence-electron chi connectivity index (χ0n) is 10.2. The predicted molar refractivity (Wildman–Crippen MR) is 64.4 cm³/mol. The Labute approximate surface area is 105 Å². The van der Waals surface area contributed by atoms with Crippen molar-refractivity contribution in [3.63, 3.8) is 0 Å². The Morgan fingerprint density at radius 1 is 1.28 bits per heavy atom. The van der Waals surface area contributed by atoms with Crippen molar-refractivity contribution in [2.75, 3.05) is 6.54 Å². The van der Waals surface area contributed by atoms with E-state index in [0.717, 1.165) is 12.1 Å². The average molecular weight is 278 g/mol. The van der Waals surface area contributed by atoms with Crippen molar-refractivity contribution in [1.29, 1.82) is 0 Å². The summed E-state index contributed by atoms with van der Waals surface area (Å²) in [5.41, 5.74) is 5.43. The molecule has 1 aromatic rings. The molecule has 0 heterocycles. The zero-order chi connectivity index (χ0) is 13.9. The highest BCUT2D eigenvalue weighted by molar-refractivity contribution is 7.89. The standard InChI is InChI=1S/C11H16F2N2O2S/c1-7(6-14)8(2)15-18(16,17)9-3-4-10(12)11(13)5-9/h3-5,7-8,15H,6,14H2,1-2H3. The molecule has 0 aliphatic rings. The van der Waals surface area contributed by atoms with Crippen LogP contribution in [0.15, 0.2) is 23.1 Å². The van der Waals surface area contributed by atoms with E-state index in [-0.39, 0.29) is 10.8 Å². The van der Waals surface area contributed by atoms with Gasteiger partial charge in [-0.3, -0.25) is 0 Å². The van der Waals surface area contributed by atoms with Gasteiger partial charge < -0.3 is 5.73 Å². The van der Waals surface area contributed by atoms with Gasteiger partial charge in [-0.05, 0) is 37.6 Å². The summed E-state index contributed by atoms with van der Waals surface area (Å²) in [5, 5.41) is 0. The van der Waals surface area contributed by atoms with Crippen molar-refractivity contribution >= 4 is 10.0 Å². The van der Waals surface area contributed by atoms with Crippen LogP contribution in [-0.4, -0.2) is 21.0 Å². The maximum Gasteiger partial charge on any atom is 0.240 e. The molecule has 0 aliphatic heterocycles. The van der Waals surface area contributed by atoms with Gasteiger partial charge in [-0.1, -0.05) is 6.92 Å². The predicted octanol–water partition coefficient (Wildman–Crippen LogP) is 1.23. The van der Waals surface area contributed by atoms with Gasteiger partial charge in [-0.15, -0.1) is 0 Å². The van der Waals surface area contributed by atoms with Crippen LogP contribution >= 0.6 is 0 Å². The number of hydrogen-bond acceptors (Lipinski definition) is 3. The summed E-state index contributed by atoms with van der Waals surface area (Å²) in [4.78, 5) is -0.308. The topological polar surface area (TPSA) is 72.2 Å². The van der Waals surface area contributed by atoms with Gasteiger partial charge >= 0.3 is 0 Å². The van der Waals surface area contributed by atoms with Gasteiger partial charge in [0.05, 0.1) is 4.90 Å². The van der Waals surface area contributed by atoms with Crippen LogP contribution in [0.5, 0.6) is 0 Å². The first-order valence-electron chi connectivity index (χ1n) is 5.45. The minimum absolute atomic E-state index is 0.0647. The molecular formula is C11H16F2N2O2S. The van der Waals surface area contributed by atoms with Crippen molar-refractivity contribution in [1.82, 2.24) is 4.72 Å². The lowest BCUT2D eigenvalue weighted by Gasteiger charge is -2.19. The van der Waals surface area contributed by atoms with E-state index in [0.29, 0.717) is 12.6 Å². The molecule has 0 radical (unpaired) electrons. The third-order valence-electron chi connectivity index (χ3n) is 2.77. The van der Waals surface area contributed by atoms with E-state index >= 15 is 0 Å². The first-order valence-corrected chi connectivity index (χ1v) is 6.93. The Kier molecular flexibility index (Phi) is 4.78. The third kappa shape index (κ3) is 3.47. The molecule has 0 bridgehead atoms. The van der Waals surface area contributed by atoms with Gasteiger partial charge in [0, 0.05) is 6.04 Å². The van der Waals surface area contributed by atoms with Crippen LogP contribution in [0, 0.1) is 17.6 Å². The van der Waals surface area contributed by atoms with Crippen LogP contribution in [0.3, 0.4) is 0 Å². The van der Waals surface area contributed by atoms with Crippen molar-refractivity contribution in [3.05, 3.63) is 29.8 Å². The normalized spacial score (nSPS) is 15.4. The first kappa shape index (κ1) is 15.0. The van der Waals surface area contributed by atoms with Crippen LogP contribution in [0.1, 0.15) is 13.8 Å². The highest BCUT2D eigenvalue weighted by Crippen LogP contribution is 2.15. The Balaban J connectivity index is 2.96. The summed E-state index contributed by atoms with van der Waals surface area (Å²) in [6.07, 6.45) is 0. The molecule has 2 unspecified atom stereocenters. The molecule has 0 spiro atoms. The molecule has 0 aromatic heterocycles. The number of rotatable bonds is 5. The van der Waals surface area contributed by atoms with Crippen LogP contribution in [0.4, 0.5) is 8.78 Å². The van der Waals surface area contributed by atoms with Gasteiger partial charge in [0.1, 0.15) is 0 Å². The van der Waals surface area contributed by atoms with Gasteiger partial charge in [0.2, 0.25) is 10.0 Å². The highest BCUT2D eigenvalue weighted by atomic mass is 32.2. The van der Waals surface area contributed by atoms with Gasteiger partial charge in [0.15, 0.2) is 11.6 Å². The minimum Gasteiger partial charge on any atom is -0.330 e. The van der Waals surface area contributed by atoms with Crippen LogP contribution in [0.2, 0.25) is 0 Å². The summed E-state index contributed by atoms with van der Waals surface area (Å²) >= 11 is 0. The maximum absolute atomic E-state index is 13.0. The lowest BCUT2D eigenvalue weighted by atomic mass is 10.1. The average Bonchev–Trinajstić information content (AvgIpc) is 2.30. The number of benzene rings is 1. The summed E-state index contributed by atoms with van der Waals surface area (Å²) in [6.45, 7) is 3.77. The molecule has 1 aromatic carbocycles. The molecule has 1 rings (SSSR count). The summed E-state index contributed by atoms with van der Waals surface area (Å²) in [7, 11) is -3.87. The molecule has 0 fully saturated rings. The molecule has 2 atom stereocenters. The van der Waals surface area contributed by atoms with E-state index in [4.69, 9.17) is 5.73 Å². The smallest absolute Gasteiger partial charge is 0.240 e. The van der Waals surface area contributed by atoms with Crippen molar-refractivity contribution in [2.24, 2.45) is 11.7 Å². The van der Waals surface area contributed by atoms with Crippen LogP contribution in [-0.2, 0) is 10.0 Å². The lowest BCUT2D eigenvalue weighted by Crippen LogP contribution is -2.39. The number of halogens is 2. The molecule has 0 saturated carbocycles. The van der Waals surface area contributed by atoms with E-state index in [1.165, 1.54) is 0 Å². The number of sulfonamides is 1. The quantitative estimate of drug-likeness (QED) is 0.851. The SMILES string of the molecule is CC(CN)C(C)NS(=O)(=O)c1ccc(F)c(F)c1. The lowest BCUT2D eigenvalue weighted by molar-refractivity contribution is 0.452. The Morgan fingerprint density at radius 3 is 2.39 bits per heavy atom. The molecule has 18 heavy (non-hydrogen) atoms. The summed E-state index contributed by atoms with van der Waals surface area (Å²) < 4.78 is 51.9. The van der Waals surface area contributed by atoms with Crippen LogP contribution < -0.4 is 10.5 Å². The molecule has 7 heteroatoms. The Hall–Kier alpha value is -1.05. The summed E-state index contributed by atoms with van der Waals surface area (Å²) in [6, 6.07) is 2.05.